The third kappa shape index (κ3) is 3.87. The number of hydrogen-bond donors (Lipinski definition) is 1. The number of hydrogen-bond acceptors (Lipinski definition) is 5. The highest BCUT2D eigenvalue weighted by atomic mass is 19.4. The number of halogens is 3. The molecule has 2 spiro atoms. The molecule has 5 aliphatic rings. The summed E-state index contributed by atoms with van der Waals surface area (Å²) in [5.41, 5.74) is -0.682. The highest BCUT2D eigenvalue weighted by Gasteiger charge is 2.58. The van der Waals surface area contributed by atoms with E-state index in [1.54, 1.807) is 0 Å². The van der Waals surface area contributed by atoms with Gasteiger partial charge in [0, 0.05) is 55.0 Å². The lowest BCUT2D eigenvalue weighted by Crippen LogP contribution is -2.70. The van der Waals surface area contributed by atoms with Crippen molar-refractivity contribution in [3.05, 3.63) is 40.7 Å². The molecule has 0 aromatic carbocycles. The Morgan fingerprint density at radius 2 is 1.62 bits per heavy atom. The van der Waals surface area contributed by atoms with E-state index in [0.29, 0.717) is 23.8 Å². The van der Waals surface area contributed by atoms with Gasteiger partial charge in [-0.2, -0.15) is 18.4 Å². The van der Waals surface area contributed by atoms with Crippen LogP contribution in [0.2, 0.25) is 0 Å². The molecule has 0 unspecified atom stereocenters. The summed E-state index contributed by atoms with van der Waals surface area (Å²) >= 11 is 0. The monoisotopic (exact) mass is 511 g/mol. The highest BCUT2D eigenvalue weighted by Crippen LogP contribution is 2.57. The number of nitrogens with zero attached hydrogens (tertiary/aromatic N) is 6. The summed E-state index contributed by atoms with van der Waals surface area (Å²) in [6.45, 7) is 3.09. The minimum Gasteiger partial charge on any atom is -0.328 e. The lowest BCUT2D eigenvalue weighted by Gasteiger charge is -2.63. The van der Waals surface area contributed by atoms with Crippen molar-refractivity contribution in [2.75, 3.05) is 26.2 Å². The van der Waals surface area contributed by atoms with E-state index in [2.05, 4.69) is 20.2 Å². The number of rotatable bonds is 4. The first-order valence-electron chi connectivity index (χ1n) is 13.1. The largest absolute Gasteiger partial charge is 0.419 e. The Morgan fingerprint density at radius 1 is 1.03 bits per heavy atom. The SMILES string of the molecule is N#Cc1ncc(CC2CC3(C2)CN(C(=O)N2CC4(CC(c5nnc(C6CC6)[nH]5)C4)C2)C3)cc1C(F)(F)F. The molecule has 4 heterocycles. The van der Waals surface area contributed by atoms with Crippen LogP contribution in [0.3, 0.4) is 0 Å². The fourth-order valence-corrected chi connectivity index (χ4v) is 7.27. The Morgan fingerprint density at radius 3 is 2.19 bits per heavy atom. The fraction of sp³-hybridized carbons (Fsp3) is 0.654. The highest BCUT2D eigenvalue weighted by molar-refractivity contribution is 5.77. The molecule has 2 aromatic rings. The molecular formula is C26H28F3N7O. The number of urea groups is 1. The lowest BCUT2D eigenvalue weighted by atomic mass is 9.56. The van der Waals surface area contributed by atoms with Gasteiger partial charge in [0.2, 0.25) is 0 Å². The van der Waals surface area contributed by atoms with Crippen LogP contribution in [0.15, 0.2) is 12.3 Å². The van der Waals surface area contributed by atoms with Gasteiger partial charge in [-0.1, -0.05) is 0 Å². The van der Waals surface area contributed by atoms with Crippen LogP contribution in [0.4, 0.5) is 18.0 Å². The first-order chi connectivity index (χ1) is 17.6. The molecule has 194 valence electrons. The van der Waals surface area contributed by atoms with Gasteiger partial charge in [0.15, 0.2) is 5.69 Å². The third-order valence-electron chi connectivity index (χ3n) is 9.20. The number of nitrogens with one attached hydrogen (secondary N) is 1. The van der Waals surface area contributed by atoms with E-state index >= 15 is 0 Å². The second-order valence-electron chi connectivity index (χ2n) is 12.3. The van der Waals surface area contributed by atoms with Crippen LogP contribution in [0.1, 0.15) is 78.8 Å². The molecule has 37 heavy (non-hydrogen) atoms. The molecule has 2 aliphatic heterocycles. The van der Waals surface area contributed by atoms with E-state index in [4.69, 9.17) is 5.26 Å². The molecule has 2 amide bonds. The molecule has 2 saturated heterocycles. The van der Waals surface area contributed by atoms with Gasteiger partial charge in [-0.05, 0) is 62.5 Å². The predicted octanol–water partition coefficient (Wildman–Crippen LogP) is 4.22. The summed E-state index contributed by atoms with van der Waals surface area (Å²) in [6, 6.07) is 2.70. The van der Waals surface area contributed by atoms with Crippen molar-refractivity contribution in [3.63, 3.8) is 0 Å². The van der Waals surface area contributed by atoms with Crippen LogP contribution in [-0.2, 0) is 12.6 Å². The van der Waals surface area contributed by atoms with Crippen molar-refractivity contribution >= 4 is 6.03 Å². The predicted molar refractivity (Wildman–Crippen MR) is 124 cm³/mol. The van der Waals surface area contributed by atoms with E-state index in [0.717, 1.165) is 69.6 Å². The maximum absolute atomic E-state index is 13.2. The topological polar surface area (TPSA) is 102 Å². The molecule has 5 fully saturated rings. The van der Waals surface area contributed by atoms with Gasteiger partial charge in [0.1, 0.15) is 17.7 Å². The summed E-state index contributed by atoms with van der Waals surface area (Å²) < 4.78 is 39.6. The molecular weight excluding hydrogens is 483 g/mol. The number of aromatic nitrogens is 4. The number of nitriles is 1. The van der Waals surface area contributed by atoms with Crippen molar-refractivity contribution in [1.82, 2.24) is 30.0 Å². The minimum absolute atomic E-state index is 0.114. The zero-order valence-electron chi connectivity index (χ0n) is 20.4. The molecule has 3 saturated carbocycles. The third-order valence-corrected chi connectivity index (χ3v) is 9.20. The van der Waals surface area contributed by atoms with Gasteiger partial charge in [0.05, 0.1) is 5.56 Å². The average molecular weight is 512 g/mol. The number of amides is 2. The van der Waals surface area contributed by atoms with Gasteiger partial charge in [-0.3, -0.25) is 0 Å². The molecule has 0 atom stereocenters. The smallest absolute Gasteiger partial charge is 0.328 e. The molecule has 1 N–H and O–H groups in total. The Kier molecular flexibility index (Phi) is 4.77. The molecule has 11 heteroatoms. The molecule has 2 aromatic heterocycles. The zero-order valence-corrected chi connectivity index (χ0v) is 20.4. The fourth-order valence-electron chi connectivity index (χ4n) is 7.27. The Bertz CT molecular complexity index is 1280. The first-order valence-corrected chi connectivity index (χ1v) is 13.1. The normalized spacial score (nSPS) is 24.3. The number of aromatic amines is 1. The van der Waals surface area contributed by atoms with Gasteiger partial charge in [-0.25, -0.2) is 9.78 Å². The van der Waals surface area contributed by atoms with Crippen LogP contribution in [0.25, 0.3) is 0 Å². The van der Waals surface area contributed by atoms with E-state index in [-0.39, 0.29) is 22.8 Å². The number of alkyl halides is 3. The van der Waals surface area contributed by atoms with E-state index < -0.39 is 17.4 Å². The maximum atomic E-state index is 13.2. The van der Waals surface area contributed by atoms with Crippen LogP contribution in [0, 0.1) is 28.1 Å². The Hall–Kier alpha value is -3.16. The number of carbonyl (C=O) groups is 1. The summed E-state index contributed by atoms with van der Waals surface area (Å²) in [5, 5.41) is 17.6. The molecule has 7 rings (SSSR count). The summed E-state index contributed by atoms with van der Waals surface area (Å²) in [4.78, 5) is 24.0. The van der Waals surface area contributed by atoms with Crippen molar-refractivity contribution in [1.29, 1.82) is 5.26 Å². The summed E-state index contributed by atoms with van der Waals surface area (Å²) in [5.74, 6) is 3.32. The van der Waals surface area contributed by atoms with E-state index in [9.17, 15) is 18.0 Å². The summed E-state index contributed by atoms with van der Waals surface area (Å²) in [6.07, 6.45) is 3.65. The van der Waals surface area contributed by atoms with Crippen molar-refractivity contribution in [2.24, 2.45) is 16.7 Å². The van der Waals surface area contributed by atoms with Crippen molar-refractivity contribution in [2.45, 2.75) is 63.0 Å². The minimum atomic E-state index is -4.59. The molecule has 0 bridgehead atoms. The van der Waals surface area contributed by atoms with Crippen LogP contribution in [-0.4, -0.2) is 62.2 Å². The van der Waals surface area contributed by atoms with E-state index in [1.165, 1.54) is 25.1 Å². The van der Waals surface area contributed by atoms with Gasteiger partial charge in [0.25, 0.3) is 0 Å². The standard InChI is InChI=1S/C26H28F3N7O/c27-26(28,29)19-4-15(10-31-20(19)9-30)3-16-5-24(6-16)11-35(12-24)23(37)36-13-25(14-36)7-18(8-25)22-32-21(33-34-22)17-1-2-17/h4,10,16-18H,1-3,5-8,11-14H2,(H,32,33,34). The zero-order chi connectivity index (χ0) is 25.6. The van der Waals surface area contributed by atoms with E-state index in [1.807, 2.05) is 9.80 Å². The number of likely N-dealkylation sites (tertiary alicyclic amines) is 2. The Balaban J connectivity index is 0.861. The number of pyridine rings is 1. The van der Waals surface area contributed by atoms with Crippen LogP contribution in [0.5, 0.6) is 0 Å². The number of H-pyrrole nitrogens is 1. The molecule has 0 radical (unpaired) electrons. The second kappa shape index (κ2) is 7.68. The lowest BCUT2D eigenvalue weighted by molar-refractivity contribution is -0.138. The van der Waals surface area contributed by atoms with Gasteiger partial charge < -0.3 is 14.8 Å². The van der Waals surface area contributed by atoms with Crippen LogP contribution < -0.4 is 0 Å². The quantitative estimate of drug-likeness (QED) is 0.662. The van der Waals surface area contributed by atoms with Crippen LogP contribution >= 0.6 is 0 Å². The van der Waals surface area contributed by atoms with Gasteiger partial charge >= 0.3 is 12.2 Å². The summed E-state index contributed by atoms with van der Waals surface area (Å²) in [7, 11) is 0. The van der Waals surface area contributed by atoms with Crippen molar-refractivity contribution < 1.29 is 18.0 Å². The molecule has 3 aliphatic carbocycles. The molecule has 8 nitrogen and oxygen atoms in total. The average Bonchev–Trinajstić information content (AvgIpc) is 3.49. The number of carbonyl (C=O) groups excluding carboxylic acids is 1. The Labute approximate surface area is 212 Å². The van der Waals surface area contributed by atoms with Gasteiger partial charge in [-0.15, -0.1) is 10.2 Å². The van der Waals surface area contributed by atoms with Crippen molar-refractivity contribution in [3.8, 4) is 6.07 Å². The second-order valence-corrected chi connectivity index (χ2v) is 12.3. The first kappa shape index (κ1) is 23.0. The maximum Gasteiger partial charge on any atom is 0.419 e.